The summed E-state index contributed by atoms with van der Waals surface area (Å²) < 4.78 is 10.7. The highest BCUT2D eigenvalue weighted by molar-refractivity contribution is 5.82. The van der Waals surface area contributed by atoms with E-state index in [-0.39, 0.29) is 44.0 Å². The summed E-state index contributed by atoms with van der Waals surface area (Å²) in [7, 11) is 0. The van der Waals surface area contributed by atoms with Gasteiger partial charge < -0.3 is 20.1 Å². The van der Waals surface area contributed by atoms with Crippen LogP contribution in [0, 0.1) is 0 Å². The number of carbonyl (C=O) groups is 3. The van der Waals surface area contributed by atoms with Gasteiger partial charge in [0.1, 0.15) is 19.8 Å². The minimum Gasteiger partial charge on any atom is -0.460 e. The molecule has 1 aliphatic rings. The fourth-order valence-electron chi connectivity index (χ4n) is 4.31. The normalized spacial score (nSPS) is 12.7. The average Bonchev–Trinajstić information content (AvgIpc) is 3.22. The van der Waals surface area contributed by atoms with Crippen LogP contribution >= 0.6 is 0 Å². The van der Waals surface area contributed by atoms with Crippen LogP contribution < -0.4 is 10.6 Å². The van der Waals surface area contributed by atoms with Crippen molar-refractivity contribution in [3.05, 3.63) is 95.6 Å². The first-order valence-corrected chi connectivity index (χ1v) is 12.1. The Morgan fingerprint density at radius 3 is 2.11 bits per heavy atom. The van der Waals surface area contributed by atoms with E-state index in [4.69, 9.17) is 9.47 Å². The summed E-state index contributed by atoms with van der Waals surface area (Å²) in [6.45, 7) is 2.01. The molecule has 0 saturated heterocycles. The molecule has 7 nitrogen and oxygen atoms in total. The molecule has 0 aliphatic heterocycles. The van der Waals surface area contributed by atoms with Crippen LogP contribution in [-0.2, 0) is 25.7 Å². The lowest BCUT2D eigenvalue weighted by molar-refractivity contribution is -0.145. The summed E-state index contributed by atoms with van der Waals surface area (Å²) in [5, 5.41) is 5.33. The summed E-state index contributed by atoms with van der Waals surface area (Å²) in [6.07, 6.45) is 0.0561. The Hall–Kier alpha value is -4.13. The number of rotatable bonds is 10. The molecule has 0 aromatic heterocycles. The topological polar surface area (TPSA) is 93.7 Å². The molecule has 3 aromatic rings. The number of carbonyl (C=O) groups excluding carboxylic acids is 3. The van der Waals surface area contributed by atoms with Gasteiger partial charge in [0.15, 0.2) is 0 Å². The van der Waals surface area contributed by atoms with Gasteiger partial charge in [0.05, 0.1) is 0 Å². The van der Waals surface area contributed by atoms with E-state index in [1.165, 1.54) is 11.1 Å². The number of esters is 1. The highest BCUT2D eigenvalue weighted by Crippen LogP contribution is 2.44. The Bertz CT molecular complexity index is 1170. The van der Waals surface area contributed by atoms with E-state index in [0.29, 0.717) is 6.42 Å². The first-order chi connectivity index (χ1) is 17.5. The van der Waals surface area contributed by atoms with Gasteiger partial charge in [0.25, 0.3) is 0 Å². The Kier molecular flexibility index (Phi) is 8.34. The number of benzene rings is 3. The monoisotopic (exact) mass is 486 g/mol. The van der Waals surface area contributed by atoms with Crippen molar-refractivity contribution in [3.63, 3.8) is 0 Å². The van der Waals surface area contributed by atoms with Gasteiger partial charge >= 0.3 is 12.1 Å². The van der Waals surface area contributed by atoms with Crippen molar-refractivity contribution in [1.82, 2.24) is 10.6 Å². The number of amides is 2. The van der Waals surface area contributed by atoms with Crippen LogP contribution in [0.25, 0.3) is 11.1 Å². The van der Waals surface area contributed by atoms with Gasteiger partial charge in [-0.05, 0) is 41.2 Å². The minimum atomic E-state index is -0.519. The zero-order valence-electron chi connectivity index (χ0n) is 20.2. The Morgan fingerprint density at radius 1 is 0.833 bits per heavy atom. The number of fused-ring (bicyclic) bond motifs is 3. The average molecular weight is 487 g/mol. The SMILES string of the molecule is CC(CCC(=O)NCC(=O)OCc1ccccc1)NC(=O)OCC1c2ccccc2-c2ccccc21. The maximum Gasteiger partial charge on any atom is 0.407 e. The second-order valence-electron chi connectivity index (χ2n) is 8.83. The standard InChI is InChI=1S/C29H30N2O5/c1-20(15-16-27(32)30-17-28(33)35-18-21-9-3-2-4-10-21)31-29(34)36-19-26-24-13-7-5-11-22(24)23-12-6-8-14-25(23)26/h2-14,20,26H,15-19H2,1H3,(H,30,32)(H,31,34). The smallest absolute Gasteiger partial charge is 0.407 e. The summed E-state index contributed by atoms with van der Waals surface area (Å²) >= 11 is 0. The molecular weight excluding hydrogens is 456 g/mol. The van der Waals surface area contributed by atoms with E-state index in [9.17, 15) is 14.4 Å². The molecule has 1 atom stereocenters. The molecule has 0 radical (unpaired) electrons. The lowest BCUT2D eigenvalue weighted by Crippen LogP contribution is -2.36. The molecule has 1 unspecified atom stereocenters. The van der Waals surface area contributed by atoms with Gasteiger partial charge in [0, 0.05) is 18.4 Å². The van der Waals surface area contributed by atoms with Crippen LogP contribution in [0.4, 0.5) is 4.79 Å². The van der Waals surface area contributed by atoms with Gasteiger partial charge in [-0.1, -0.05) is 78.9 Å². The van der Waals surface area contributed by atoms with Gasteiger partial charge in [0.2, 0.25) is 5.91 Å². The van der Waals surface area contributed by atoms with E-state index in [1.807, 2.05) is 61.5 Å². The number of alkyl carbamates (subject to hydrolysis) is 1. The molecule has 186 valence electrons. The van der Waals surface area contributed by atoms with Crippen molar-refractivity contribution in [2.75, 3.05) is 13.2 Å². The molecule has 7 heteroatoms. The minimum absolute atomic E-state index is 0.00844. The van der Waals surface area contributed by atoms with Crippen LogP contribution in [-0.4, -0.2) is 37.2 Å². The molecule has 2 amide bonds. The highest BCUT2D eigenvalue weighted by atomic mass is 16.5. The third-order valence-corrected chi connectivity index (χ3v) is 6.18. The number of nitrogens with one attached hydrogen (secondary N) is 2. The zero-order valence-corrected chi connectivity index (χ0v) is 20.2. The van der Waals surface area contributed by atoms with Crippen molar-refractivity contribution in [1.29, 1.82) is 0 Å². The van der Waals surface area contributed by atoms with Crippen molar-refractivity contribution in [2.24, 2.45) is 0 Å². The largest absolute Gasteiger partial charge is 0.460 e. The quantitative estimate of drug-likeness (QED) is 0.410. The van der Waals surface area contributed by atoms with Crippen LogP contribution in [0.5, 0.6) is 0 Å². The van der Waals surface area contributed by atoms with Crippen molar-refractivity contribution < 1.29 is 23.9 Å². The Morgan fingerprint density at radius 2 is 1.44 bits per heavy atom. The third kappa shape index (κ3) is 6.50. The van der Waals surface area contributed by atoms with Crippen molar-refractivity contribution in [2.45, 2.75) is 38.3 Å². The lowest BCUT2D eigenvalue weighted by atomic mass is 9.98. The molecule has 0 bridgehead atoms. The second kappa shape index (κ2) is 12.0. The zero-order chi connectivity index (χ0) is 25.3. The van der Waals surface area contributed by atoms with Crippen LogP contribution in [0.1, 0.15) is 42.4 Å². The summed E-state index contributed by atoms with van der Waals surface area (Å²) in [4.78, 5) is 36.3. The van der Waals surface area contributed by atoms with Gasteiger partial charge in [-0.25, -0.2) is 4.79 Å². The molecule has 3 aromatic carbocycles. The van der Waals surface area contributed by atoms with Crippen LogP contribution in [0.15, 0.2) is 78.9 Å². The molecular formula is C29H30N2O5. The molecule has 36 heavy (non-hydrogen) atoms. The molecule has 4 rings (SSSR count). The Labute approximate surface area is 210 Å². The molecule has 0 heterocycles. The summed E-state index contributed by atoms with van der Waals surface area (Å²) in [5.41, 5.74) is 5.53. The first-order valence-electron chi connectivity index (χ1n) is 12.1. The highest BCUT2D eigenvalue weighted by Gasteiger charge is 2.29. The van der Waals surface area contributed by atoms with E-state index < -0.39 is 12.1 Å². The summed E-state index contributed by atoms with van der Waals surface area (Å²) in [6, 6.07) is 25.4. The molecule has 2 N–H and O–H groups in total. The predicted octanol–water partition coefficient (Wildman–Crippen LogP) is 4.55. The van der Waals surface area contributed by atoms with Crippen LogP contribution in [0.3, 0.4) is 0 Å². The predicted molar refractivity (Wildman–Crippen MR) is 136 cm³/mol. The molecule has 0 fully saturated rings. The first kappa shape index (κ1) is 25.0. The third-order valence-electron chi connectivity index (χ3n) is 6.18. The van der Waals surface area contributed by atoms with E-state index in [2.05, 4.69) is 34.9 Å². The second-order valence-corrected chi connectivity index (χ2v) is 8.83. The van der Waals surface area contributed by atoms with Crippen molar-refractivity contribution >= 4 is 18.0 Å². The van der Waals surface area contributed by atoms with Crippen molar-refractivity contribution in [3.8, 4) is 11.1 Å². The maximum absolute atomic E-state index is 12.4. The molecule has 0 saturated carbocycles. The summed E-state index contributed by atoms with van der Waals surface area (Å²) in [5.74, 6) is -0.796. The van der Waals surface area contributed by atoms with Gasteiger partial charge in [-0.3, -0.25) is 9.59 Å². The van der Waals surface area contributed by atoms with Crippen LogP contribution in [0.2, 0.25) is 0 Å². The fourth-order valence-corrected chi connectivity index (χ4v) is 4.31. The van der Waals surface area contributed by atoms with Gasteiger partial charge in [-0.2, -0.15) is 0 Å². The number of ether oxygens (including phenoxy) is 2. The molecule has 1 aliphatic carbocycles. The fraction of sp³-hybridized carbons (Fsp3) is 0.276. The van der Waals surface area contributed by atoms with Gasteiger partial charge in [-0.15, -0.1) is 0 Å². The van der Waals surface area contributed by atoms with E-state index >= 15 is 0 Å². The Balaban J connectivity index is 1.15. The maximum atomic E-state index is 12.4. The number of hydrogen-bond donors (Lipinski definition) is 2. The van der Waals surface area contributed by atoms with E-state index in [0.717, 1.165) is 16.7 Å². The lowest BCUT2D eigenvalue weighted by Gasteiger charge is -2.17. The van der Waals surface area contributed by atoms with E-state index in [1.54, 1.807) is 0 Å². The number of hydrogen-bond acceptors (Lipinski definition) is 5. The molecule has 0 spiro atoms.